The summed E-state index contributed by atoms with van der Waals surface area (Å²) in [5, 5.41) is 2.53. The van der Waals surface area contributed by atoms with Crippen LogP contribution in [-0.2, 0) is 0 Å². The van der Waals surface area contributed by atoms with Crippen LogP contribution in [0.4, 0.5) is 0 Å². The minimum atomic E-state index is 1.14. The standard InChI is InChI=1S/C10H5Br2I/c11-7-4-5-9(13)10-6(7)2-1-3-8(10)12/h1-5H. The van der Waals surface area contributed by atoms with Crippen molar-refractivity contribution in [2.75, 3.05) is 0 Å². The van der Waals surface area contributed by atoms with Crippen LogP contribution in [0.5, 0.6) is 0 Å². The maximum absolute atomic E-state index is 3.56. The molecule has 0 heterocycles. The molecule has 2 aromatic carbocycles. The molecule has 0 fully saturated rings. The monoisotopic (exact) mass is 410 g/mol. The largest absolute Gasteiger partial charge is 0.0605 e. The fraction of sp³-hybridized carbons (Fsp3) is 0. The van der Waals surface area contributed by atoms with Crippen molar-refractivity contribution < 1.29 is 0 Å². The van der Waals surface area contributed by atoms with Crippen LogP contribution in [0.1, 0.15) is 0 Å². The Balaban J connectivity index is 3.00. The zero-order valence-corrected chi connectivity index (χ0v) is 11.9. The Hall–Kier alpha value is 0.390. The lowest BCUT2D eigenvalue weighted by Gasteiger charge is -2.04. The van der Waals surface area contributed by atoms with Gasteiger partial charge in [0.05, 0.1) is 0 Å². The molecule has 2 rings (SSSR count). The molecule has 0 aliphatic heterocycles. The Morgan fingerprint density at radius 1 is 0.923 bits per heavy atom. The van der Waals surface area contributed by atoms with E-state index in [-0.39, 0.29) is 0 Å². The van der Waals surface area contributed by atoms with Gasteiger partial charge in [-0.05, 0) is 46.2 Å². The molecule has 0 aromatic heterocycles. The first kappa shape index (κ1) is 9.93. The molecule has 0 bridgehead atoms. The zero-order chi connectivity index (χ0) is 9.42. The number of halogens is 3. The van der Waals surface area contributed by atoms with Crippen molar-refractivity contribution in [2.24, 2.45) is 0 Å². The summed E-state index contributed by atoms with van der Waals surface area (Å²) in [6, 6.07) is 10.4. The van der Waals surface area contributed by atoms with E-state index in [4.69, 9.17) is 0 Å². The van der Waals surface area contributed by atoms with Gasteiger partial charge in [-0.15, -0.1) is 0 Å². The summed E-state index contributed by atoms with van der Waals surface area (Å²) < 4.78 is 3.56. The molecule has 0 radical (unpaired) electrons. The fourth-order valence-electron chi connectivity index (χ4n) is 1.29. The molecule has 0 saturated heterocycles. The van der Waals surface area contributed by atoms with Crippen LogP contribution < -0.4 is 0 Å². The topological polar surface area (TPSA) is 0 Å². The normalized spacial score (nSPS) is 10.7. The van der Waals surface area contributed by atoms with Crippen LogP contribution in [-0.4, -0.2) is 0 Å². The number of hydrogen-bond acceptors (Lipinski definition) is 0. The molecule has 0 saturated carbocycles. The predicted molar refractivity (Wildman–Crippen MR) is 72.1 cm³/mol. The van der Waals surface area contributed by atoms with Gasteiger partial charge in [0, 0.05) is 17.9 Å². The van der Waals surface area contributed by atoms with Gasteiger partial charge < -0.3 is 0 Å². The molecule has 2 aromatic rings. The maximum atomic E-state index is 3.56. The molecule has 0 aliphatic rings. The second-order valence-corrected chi connectivity index (χ2v) is 5.56. The van der Waals surface area contributed by atoms with Crippen molar-refractivity contribution in [2.45, 2.75) is 0 Å². The van der Waals surface area contributed by atoms with E-state index in [0.29, 0.717) is 0 Å². The summed E-state index contributed by atoms with van der Waals surface area (Å²) in [6.07, 6.45) is 0. The van der Waals surface area contributed by atoms with Crippen molar-refractivity contribution in [3.63, 3.8) is 0 Å². The number of hydrogen-bond donors (Lipinski definition) is 0. The highest BCUT2D eigenvalue weighted by Crippen LogP contribution is 2.32. The van der Waals surface area contributed by atoms with E-state index in [1.54, 1.807) is 0 Å². The molecule has 0 atom stereocenters. The summed E-state index contributed by atoms with van der Waals surface area (Å²) in [6.45, 7) is 0. The number of fused-ring (bicyclic) bond motifs is 1. The molecular weight excluding hydrogens is 407 g/mol. The number of benzene rings is 2. The third kappa shape index (κ3) is 1.78. The van der Waals surface area contributed by atoms with Crippen LogP contribution in [0.25, 0.3) is 10.8 Å². The van der Waals surface area contributed by atoms with Crippen LogP contribution in [0.2, 0.25) is 0 Å². The Morgan fingerprint density at radius 3 is 2.38 bits per heavy atom. The quantitative estimate of drug-likeness (QED) is 0.537. The summed E-state index contributed by atoms with van der Waals surface area (Å²) in [5.74, 6) is 0. The van der Waals surface area contributed by atoms with Crippen molar-refractivity contribution in [1.82, 2.24) is 0 Å². The predicted octanol–water partition coefficient (Wildman–Crippen LogP) is 4.97. The van der Waals surface area contributed by atoms with E-state index in [0.717, 1.165) is 8.95 Å². The zero-order valence-electron chi connectivity index (χ0n) is 6.52. The minimum absolute atomic E-state index is 1.14. The smallest absolute Gasteiger partial charge is 0.0264 e. The first-order valence-corrected chi connectivity index (χ1v) is 6.39. The second kappa shape index (κ2) is 3.87. The van der Waals surface area contributed by atoms with E-state index >= 15 is 0 Å². The summed E-state index contributed by atoms with van der Waals surface area (Å²) in [7, 11) is 0. The SMILES string of the molecule is Brc1ccc(I)c2c(Br)cccc12. The third-order valence-electron chi connectivity index (χ3n) is 1.89. The van der Waals surface area contributed by atoms with E-state index < -0.39 is 0 Å². The highest BCUT2D eigenvalue weighted by Gasteiger charge is 2.04. The molecule has 0 unspecified atom stereocenters. The van der Waals surface area contributed by atoms with Crippen molar-refractivity contribution in [3.05, 3.63) is 42.8 Å². The van der Waals surface area contributed by atoms with E-state index in [1.165, 1.54) is 14.3 Å². The van der Waals surface area contributed by atoms with Crippen molar-refractivity contribution >= 4 is 65.2 Å². The van der Waals surface area contributed by atoms with Gasteiger partial charge in [-0.3, -0.25) is 0 Å². The van der Waals surface area contributed by atoms with Gasteiger partial charge in [0.25, 0.3) is 0 Å². The highest BCUT2D eigenvalue weighted by molar-refractivity contribution is 14.1. The van der Waals surface area contributed by atoms with E-state index in [1.807, 2.05) is 6.07 Å². The van der Waals surface area contributed by atoms with Crippen LogP contribution in [0, 0.1) is 3.57 Å². The fourth-order valence-corrected chi connectivity index (χ4v) is 3.46. The Labute approximate surface area is 107 Å². The maximum Gasteiger partial charge on any atom is 0.0264 e. The molecule has 13 heavy (non-hydrogen) atoms. The van der Waals surface area contributed by atoms with Crippen molar-refractivity contribution in [3.8, 4) is 0 Å². The summed E-state index contributed by atoms with van der Waals surface area (Å²) in [5.41, 5.74) is 0. The van der Waals surface area contributed by atoms with Gasteiger partial charge in [0.1, 0.15) is 0 Å². The molecule has 0 spiro atoms. The van der Waals surface area contributed by atoms with Gasteiger partial charge in [-0.25, -0.2) is 0 Å². The van der Waals surface area contributed by atoms with Gasteiger partial charge in [-0.1, -0.05) is 44.0 Å². The van der Waals surface area contributed by atoms with E-state index in [2.05, 4.69) is 78.7 Å². The first-order valence-electron chi connectivity index (χ1n) is 3.72. The Kier molecular flexibility index (Phi) is 2.95. The van der Waals surface area contributed by atoms with E-state index in [9.17, 15) is 0 Å². The van der Waals surface area contributed by atoms with Crippen LogP contribution in [0.15, 0.2) is 39.3 Å². The Bertz CT molecular complexity index is 457. The van der Waals surface area contributed by atoms with Gasteiger partial charge >= 0.3 is 0 Å². The average molecular weight is 412 g/mol. The summed E-state index contributed by atoms with van der Waals surface area (Å²) >= 11 is 9.45. The molecule has 66 valence electrons. The Morgan fingerprint density at radius 2 is 1.69 bits per heavy atom. The van der Waals surface area contributed by atoms with Crippen LogP contribution in [0.3, 0.4) is 0 Å². The van der Waals surface area contributed by atoms with Gasteiger partial charge in [0.2, 0.25) is 0 Å². The lowest BCUT2D eigenvalue weighted by Crippen LogP contribution is -1.80. The average Bonchev–Trinajstić information content (AvgIpc) is 2.12. The molecule has 0 amide bonds. The molecule has 0 nitrogen and oxygen atoms in total. The molecule has 0 aliphatic carbocycles. The summed E-state index contributed by atoms with van der Waals surface area (Å²) in [4.78, 5) is 0. The third-order valence-corrected chi connectivity index (χ3v) is 4.14. The van der Waals surface area contributed by atoms with Gasteiger partial charge in [0.15, 0.2) is 0 Å². The van der Waals surface area contributed by atoms with Gasteiger partial charge in [-0.2, -0.15) is 0 Å². The molecule has 3 heteroatoms. The van der Waals surface area contributed by atoms with Crippen molar-refractivity contribution in [1.29, 1.82) is 0 Å². The molecule has 0 N–H and O–H groups in total. The first-order chi connectivity index (χ1) is 6.20. The lowest BCUT2D eigenvalue weighted by molar-refractivity contribution is 1.64. The second-order valence-electron chi connectivity index (χ2n) is 2.69. The minimum Gasteiger partial charge on any atom is -0.0605 e. The molecular formula is C10H5Br2I. The number of rotatable bonds is 0. The highest BCUT2D eigenvalue weighted by atomic mass is 127. The van der Waals surface area contributed by atoms with Crippen LogP contribution >= 0.6 is 54.5 Å². The lowest BCUT2D eigenvalue weighted by atomic mass is 10.1.